The lowest BCUT2D eigenvalue weighted by atomic mass is 9.85. The summed E-state index contributed by atoms with van der Waals surface area (Å²) in [5.41, 5.74) is 1.54. The van der Waals surface area contributed by atoms with Gasteiger partial charge in [-0.05, 0) is 50.8 Å². The third-order valence-electron chi connectivity index (χ3n) is 3.52. The van der Waals surface area contributed by atoms with Gasteiger partial charge in [-0.15, -0.1) is 0 Å². The number of amides is 2. The minimum Gasteiger partial charge on any atom is -0.350 e. The highest BCUT2D eigenvalue weighted by molar-refractivity contribution is 5.87. The first-order valence-corrected chi connectivity index (χ1v) is 7.19. The maximum Gasteiger partial charge on any atom is 0.243 e. The minimum absolute atomic E-state index is 0.0101. The summed E-state index contributed by atoms with van der Waals surface area (Å²) in [4.78, 5) is 23.4. The molecule has 0 spiro atoms. The molecule has 21 heavy (non-hydrogen) atoms. The Hall–Kier alpha value is -2.10. The van der Waals surface area contributed by atoms with E-state index < -0.39 is 0 Å². The summed E-state index contributed by atoms with van der Waals surface area (Å²) in [5.74, 6) is -0.160. The van der Waals surface area contributed by atoms with Crippen LogP contribution in [0.15, 0.2) is 49.2 Å². The lowest BCUT2D eigenvalue weighted by Crippen LogP contribution is -2.40. The molecule has 114 valence electrons. The molecule has 0 aromatic carbocycles. The molecule has 0 aliphatic heterocycles. The molecule has 0 atom stereocenters. The standard InChI is InChI=1S/C17H24N2O2/c1-5-14(11-12(3)4)19-17(21)13-7-9-15(10-8-13)18-16(20)6-2/h5-6,11,13,15H,1-3,7-10H2,4H3,(H,18,20)(H,19,21)/b14-11+. The van der Waals surface area contributed by atoms with Gasteiger partial charge in [0.05, 0.1) is 0 Å². The van der Waals surface area contributed by atoms with Crippen LogP contribution in [-0.4, -0.2) is 17.9 Å². The van der Waals surface area contributed by atoms with Gasteiger partial charge in [0, 0.05) is 17.7 Å². The van der Waals surface area contributed by atoms with Gasteiger partial charge in [-0.2, -0.15) is 0 Å². The summed E-state index contributed by atoms with van der Waals surface area (Å²) < 4.78 is 0. The van der Waals surface area contributed by atoms with Gasteiger partial charge in [0.2, 0.25) is 11.8 Å². The van der Waals surface area contributed by atoms with Crippen molar-refractivity contribution in [1.82, 2.24) is 10.6 Å². The summed E-state index contributed by atoms with van der Waals surface area (Å²) in [6, 6.07) is 0.143. The van der Waals surface area contributed by atoms with Crippen molar-refractivity contribution in [3.05, 3.63) is 49.2 Å². The van der Waals surface area contributed by atoms with E-state index in [1.807, 2.05) is 6.92 Å². The molecule has 2 N–H and O–H groups in total. The van der Waals surface area contributed by atoms with Crippen molar-refractivity contribution in [1.29, 1.82) is 0 Å². The topological polar surface area (TPSA) is 58.2 Å². The maximum atomic E-state index is 12.2. The van der Waals surface area contributed by atoms with Gasteiger partial charge in [-0.25, -0.2) is 0 Å². The zero-order valence-electron chi connectivity index (χ0n) is 12.7. The molecule has 4 nitrogen and oxygen atoms in total. The van der Waals surface area contributed by atoms with E-state index >= 15 is 0 Å². The van der Waals surface area contributed by atoms with Crippen LogP contribution in [-0.2, 0) is 9.59 Å². The highest BCUT2D eigenvalue weighted by atomic mass is 16.2. The Morgan fingerprint density at radius 3 is 2.19 bits per heavy atom. The zero-order valence-corrected chi connectivity index (χ0v) is 12.7. The average molecular weight is 288 g/mol. The molecule has 0 heterocycles. The Kier molecular flexibility index (Phi) is 6.66. The van der Waals surface area contributed by atoms with Crippen molar-refractivity contribution >= 4 is 11.8 Å². The van der Waals surface area contributed by atoms with Crippen LogP contribution in [0.25, 0.3) is 0 Å². The first kappa shape index (κ1) is 17.0. The SMILES string of the molecule is C=CC(=O)NC1CCC(C(=O)N/C(C=C)=C/C(=C)C)CC1. The monoisotopic (exact) mass is 288 g/mol. The van der Waals surface area contributed by atoms with E-state index in [1.54, 1.807) is 12.2 Å². The lowest BCUT2D eigenvalue weighted by molar-refractivity contribution is -0.125. The molecular formula is C17H24N2O2. The van der Waals surface area contributed by atoms with Crippen molar-refractivity contribution in [2.45, 2.75) is 38.6 Å². The van der Waals surface area contributed by atoms with Gasteiger partial charge in [0.1, 0.15) is 0 Å². The van der Waals surface area contributed by atoms with Crippen molar-refractivity contribution in [2.75, 3.05) is 0 Å². The third kappa shape index (κ3) is 5.81. The molecule has 1 aliphatic carbocycles. The summed E-state index contributed by atoms with van der Waals surface area (Å²) in [7, 11) is 0. The number of hydrogen-bond acceptors (Lipinski definition) is 2. The Morgan fingerprint density at radius 1 is 1.10 bits per heavy atom. The molecule has 1 saturated carbocycles. The Bertz CT molecular complexity index is 469. The summed E-state index contributed by atoms with van der Waals surface area (Å²) >= 11 is 0. The molecule has 0 bridgehead atoms. The molecule has 0 aromatic heterocycles. The van der Waals surface area contributed by atoms with Crippen molar-refractivity contribution < 1.29 is 9.59 Å². The van der Waals surface area contributed by atoms with E-state index in [4.69, 9.17) is 0 Å². The second-order valence-corrected chi connectivity index (χ2v) is 5.40. The number of carbonyl (C=O) groups excluding carboxylic acids is 2. The molecule has 1 fully saturated rings. The van der Waals surface area contributed by atoms with Crippen LogP contribution in [0.3, 0.4) is 0 Å². The molecular weight excluding hydrogens is 264 g/mol. The van der Waals surface area contributed by atoms with Crippen LogP contribution in [0.5, 0.6) is 0 Å². The van der Waals surface area contributed by atoms with Gasteiger partial charge in [-0.1, -0.05) is 25.3 Å². The average Bonchev–Trinajstić information content (AvgIpc) is 2.46. The van der Waals surface area contributed by atoms with Gasteiger partial charge < -0.3 is 10.6 Å². The Morgan fingerprint density at radius 2 is 1.71 bits per heavy atom. The van der Waals surface area contributed by atoms with Crippen LogP contribution in [0.2, 0.25) is 0 Å². The number of carbonyl (C=O) groups is 2. The van der Waals surface area contributed by atoms with E-state index in [2.05, 4.69) is 30.4 Å². The molecule has 1 aliphatic rings. The number of rotatable bonds is 6. The number of nitrogens with one attached hydrogen (secondary N) is 2. The second kappa shape index (κ2) is 8.25. The van der Waals surface area contributed by atoms with E-state index in [0.29, 0.717) is 5.70 Å². The second-order valence-electron chi connectivity index (χ2n) is 5.40. The van der Waals surface area contributed by atoms with Crippen LogP contribution in [0.1, 0.15) is 32.6 Å². The zero-order chi connectivity index (χ0) is 15.8. The van der Waals surface area contributed by atoms with Crippen LogP contribution < -0.4 is 10.6 Å². The van der Waals surface area contributed by atoms with Gasteiger partial charge >= 0.3 is 0 Å². The summed E-state index contributed by atoms with van der Waals surface area (Å²) in [5, 5.41) is 5.75. The number of allylic oxidation sites excluding steroid dienone is 3. The highest BCUT2D eigenvalue weighted by Gasteiger charge is 2.26. The summed E-state index contributed by atoms with van der Waals surface area (Å²) in [6.07, 6.45) is 7.84. The minimum atomic E-state index is -0.152. The highest BCUT2D eigenvalue weighted by Crippen LogP contribution is 2.24. The van der Waals surface area contributed by atoms with Crippen LogP contribution >= 0.6 is 0 Å². The van der Waals surface area contributed by atoms with Gasteiger partial charge in [0.25, 0.3) is 0 Å². The van der Waals surface area contributed by atoms with Crippen LogP contribution in [0.4, 0.5) is 0 Å². The summed E-state index contributed by atoms with van der Waals surface area (Å²) in [6.45, 7) is 12.8. The predicted octanol–water partition coefficient (Wildman–Crippen LogP) is 2.61. The molecule has 0 unspecified atom stereocenters. The molecule has 0 saturated heterocycles. The molecule has 0 aromatic rings. The van der Waals surface area contributed by atoms with E-state index in [1.165, 1.54) is 6.08 Å². The van der Waals surface area contributed by atoms with Crippen LogP contribution in [0, 0.1) is 5.92 Å². The fourth-order valence-corrected chi connectivity index (χ4v) is 2.42. The molecule has 2 amide bonds. The molecule has 4 heteroatoms. The van der Waals surface area contributed by atoms with Gasteiger partial charge in [-0.3, -0.25) is 9.59 Å². The predicted molar refractivity (Wildman–Crippen MR) is 85.3 cm³/mol. The van der Waals surface area contributed by atoms with Gasteiger partial charge in [0.15, 0.2) is 0 Å². The quantitative estimate of drug-likeness (QED) is 0.583. The van der Waals surface area contributed by atoms with Crippen molar-refractivity contribution in [3.63, 3.8) is 0 Å². The van der Waals surface area contributed by atoms with E-state index in [9.17, 15) is 9.59 Å². The van der Waals surface area contributed by atoms with E-state index in [0.717, 1.165) is 31.3 Å². The largest absolute Gasteiger partial charge is 0.350 e. The fraction of sp³-hybridized carbons (Fsp3) is 0.412. The maximum absolute atomic E-state index is 12.2. The normalized spacial score (nSPS) is 22.0. The number of hydrogen-bond donors (Lipinski definition) is 2. The lowest BCUT2D eigenvalue weighted by Gasteiger charge is -2.28. The van der Waals surface area contributed by atoms with Crippen molar-refractivity contribution in [2.24, 2.45) is 5.92 Å². The van der Waals surface area contributed by atoms with E-state index in [-0.39, 0.29) is 23.8 Å². The first-order chi connectivity index (χ1) is 9.96. The van der Waals surface area contributed by atoms with Crippen molar-refractivity contribution in [3.8, 4) is 0 Å². The fourth-order valence-electron chi connectivity index (χ4n) is 2.42. The Balaban J connectivity index is 2.48. The molecule has 0 radical (unpaired) electrons. The first-order valence-electron chi connectivity index (χ1n) is 7.19. The smallest absolute Gasteiger partial charge is 0.243 e. The third-order valence-corrected chi connectivity index (χ3v) is 3.52. The Labute approximate surface area is 126 Å². The molecule has 1 rings (SSSR count).